The van der Waals surface area contributed by atoms with Crippen molar-refractivity contribution in [3.05, 3.63) is 23.8 Å². The van der Waals surface area contributed by atoms with E-state index in [4.69, 9.17) is 4.74 Å². The molecule has 6 nitrogen and oxygen atoms in total. The molecule has 2 amide bonds. The summed E-state index contributed by atoms with van der Waals surface area (Å²) in [4.78, 5) is 26.6. The van der Waals surface area contributed by atoms with Crippen molar-refractivity contribution < 1.29 is 14.3 Å². The Labute approximate surface area is 153 Å². The van der Waals surface area contributed by atoms with Crippen LogP contribution in [0, 0.1) is 5.41 Å². The summed E-state index contributed by atoms with van der Waals surface area (Å²) in [7, 11) is 0. The summed E-state index contributed by atoms with van der Waals surface area (Å²) < 4.78 is 5.71. The maximum atomic E-state index is 13.0. The van der Waals surface area contributed by atoms with Gasteiger partial charge in [0, 0.05) is 19.6 Å². The number of nitrogens with zero attached hydrogens (tertiary/aromatic N) is 1. The van der Waals surface area contributed by atoms with Crippen LogP contribution in [0.3, 0.4) is 0 Å². The highest BCUT2D eigenvalue weighted by Crippen LogP contribution is 2.39. The Kier molecular flexibility index (Phi) is 4.93. The molecule has 1 spiro atoms. The predicted octanol–water partition coefficient (Wildman–Crippen LogP) is 2.04. The van der Waals surface area contributed by atoms with Gasteiger partial charge in [0.05, 0.1) is 11.3 Å². The van der Waals surface area contributed by atoms with E-state index >= 15 is 0 Å². The molecule has 4 rings (SSSR count). The van der Waals surface area contributed by atoms with Gasteiger partial charge >= 0.3 is 0 Å². The number of hydrogen-bond acceptors (Lipinski definition) is 4. The summed E-state index contributed by atoms with van der Waals surface area (Å²) >= 11 is 0. The number of likely N-dealkylation sites (tertiary alicyclic amines) is 1. The quantitative estimate of drug-likeness (QED) is 0.799. The number of amides is 2. The minimum Gasteiger partial charge on any atom is -0.478 e. The van der Waals surface area contributed by atoms with Crippen LogP contribution in [0.15, 0.2) is 18.2 Å². The van der Waals surface area contributed by atoms with Crippen molar-refractivity contribution in [2.75, 3.05) is 31.5 Å². The highest BCUT2D eigenvalue weighted by atomic mass is 35.5. The Balaban J connectivity index is 0.00000182. The number of anilines is 1. The van der Waals surface area contributed by atoms with Crippen LogP contribution in [0.4, 0.5) is 5.69 Å². The number of carbonyl (C=O) groups excluding carboxylic acids is 2. The van der Waals surface area contributed by atoms with Crippen LogP contribution in [0.5, 0.6) is 5.75 Å². The molecular formula is C18H24ClN3O3. The number of halogens is 1. The number of fused-ring (bicyclic) bond motifs is 1. The largest absolute Gasteiger partial charge is 0.478 e. The number of nitrogens with one attached hydrogen (secondary N) is 2. The van der Waals surface area contributed by atoms with E-state index in [0.717, 1.165) is 39.0 Å². The Bertz CT molecular complexity index is 678. The SMILES string of the molecule is CC1Oc2c(cccc2C(=O)N2CCC3(CCNC3)CC2)NC1=O.Cl. The van der Waals surface area contributed by atoms with Crippen molar-refractivity contribution in [3.63, 3.8) is 0 Å². The summed E-state index contributed by atoms with van der Waals surface area (Å²) in [6.07, 6.45) is 2.73. The lowest BCUT2D eigenvalue weighted by Crippen LogP contribution is -2.44. The second kappa shape index (κ2) is 6.84. The van der Waals surface area contributed by atoms with Gasteiger partial charge in [-0.25, -0.2) is 0 Å². The van der Waals surface area contributed by atoms with Crippen molar-refractivity contribution in [2.45, 2.75) is 32.3 Å². The molecule has 3 aliphatic heterocycles. The Morgan fingerprint density at radius 2 is 2.04 bits per heavy atom. The fraction of sp³-hybridized carbons (Fsp3) is 0.556. The van der Waals surface area contributed by atoms with E-state index < -0.39 is 6.10 Å². The number of rotatable bonds is 1. The molecule has 0 aliphatic carbocycles. The van der Waals surface area contributed by atoms with Crippen LogP contribution in [0.25, 0.3) is 0 Å². The van der Waals surface area contributed by atoms with E-state index in [1.165, 1.54) is 6.42 Å². The lowest BCUT2D eigenvalue weighted by atomic mass is 9.78. The smallest absolute Gasteiger partial charge is 0.265 e. The molecule has 2 fully saturated rings. The standard InChI is InChI=1S/C18H23N3O3.ClH/c1-12-16(22)20-14-4-2-3-13(15(14)24-12)17(23)21-9-6-18(7-10-21)5-8-19-11-18;/h2-4,12,19H,5-11H2,1H3,(H,20,22);1H. The summed E-state index contributed by atoms with van der Waals surface area (Å²) in [5.41, 5.74) is 1.50. The van der Waals surface area contributed by atoms with Crippen LogP contribution in [-0.4, -0.2) is 49.0 Å². The zero-order chi connectivity index (χ0) is 16.7. The van der Waals surface area contributed by atoms with E-state index in [-0.39, 0.29) is 24.2 Å². The molecule has 0 radical (unpaired) electrons. The molecule has 1 atom stereocenters. The molecule has 2 N–H and O–H groups in total. The van der Waals surface area contributed by atoms with Gasteiger partial charge in [0.15, 0.2) is 11.9 Å². The second-order valence-electron chi connectivity index (χ2n) is 7.15. The Hall–Kier alpha value is -1.79. The van der Waals surface area contributed by atoms with Gasteiger partial charge in [-0.2, -0.15) is 0 Å². The Morgan fingerprint density at radius 3 is 2.72 bits per heavy atom. The molecule has 0 aromatic heterocycles. The second-order valence-corrected chi connectivity index (χ2v) is 7.15. The van der Waals surface area contributed by atoms with E-state index in [0.29, 0.717) is 22.4 Å². The summed E-state index contributed by atoms with van der Waals surface area (Å²) in [6, 6.07) is 5.34. The molecule has 2 saturated heterocycles. The van der Waals surface area contributed by atoms with Crippen molar-refractivity contribution in [1.29, 1.82) is 0 Å². The van der Waals surface area contributed by atoms with Crippen molar-refractivity contribution in [1.82, 2.24) is 10.2 Å². The molecule has 1 aromatic rings. The number of piperidine rings is 1. The van der Waals surface area contributed by atoms with E-state index in [9.17, 15) is 9.59 Å². The Morgan fingerprint density at radius 1 is 1.28 bits per heavy atom. The molecule has 1 aromatic carbocycles. The monoisotopic (exact) mass is 365 g/mol. The lowest BCUT2D eigenvalue weighted by molar-refractivity contribution is -0.122. The zero-order valence-corrected chi connectivity index (χ0v) is 15.2. The predicted molar refractivity (Wildman–Crippen MR) is 97.5 cm³/mol. The third kappa shape index (κ3) is 3.20. The van der Waals surface area contributed by atoms with Gasteiger partial charge in [0.25, 0.3) is 11.8 Å². The first-order valence-electron chi connectivity index (χ1n) is 8.69. The molecule has 136 valence electrons. The molecule has 7 heteroatoms. The maximum absolute atomic E-state index is 13.0. The van der Waals surface area contributed by atoms with Crippen LogP contribution in [-0.2, 0) is 4.79 Å². The fourth-order valence-corrected chi connectivity index (χ4v) is 3.97. The van der Waals surface area contributed by atoms with E-state index in [2.05, 4.69) is 10.6 Å². The van der Waals surface area contributed by atoms with E-state index in [1.54, 1.807) is 25.1 Å². The maximum Gasteiger partial charge on any atom is 0.265 e. The normalized spacial score (nSPS) is 24.1. The third-order valence-electron chi connectivity index (χ3n) is 5.61. The van der Waals surface area contributed by atoms with Gasteiger partial charge in [0.2, 0.25) is 0 Å². The highest BCUT2D eigenvalue weighted by Gasteiger charge is 2.39. The van der Waals surface area contributed by atoms with Crippen molar-refractivity contribution >= 4 is 29.9 Å². The third-order valence-corrected chi connectivity index (χ3v) is 5.61. The topological polar surface area (TPSA) is 70.7 Å². The zero-order valence-electron chi connectivity index (χ0n) is 14.3. The van der Waals surface area contributed by atoms with Gasteiger partial charge in [-0.15, -0.1) is 12.4 Å². The summed E-state index contributed by atoms with van der Waals surface area (Å²) in [6.45, 7) is 5.42. The molecule has 25 heavy (non-hydrogen) atoms. The number of para-hydroxylation sites is 1. The number of benzene rings is 1. The summed E-state index contributed by atoms with van der Waals surface area (Å²) in [5.74, 6) is 0.314. The highest BCUT2D eigenvalue weighted by molar-refractivity contribution is 6.04. The van der Waals surface area contributed by atoms with Gasteiger partial charge in [-0.3, -0.25) is 9.59 Å². The minimum absolute atomic E-state index is 0. The average molecular weight is 366 g/mol. The van der Waals surface area contributed by atoms with Gasteiger partial charge in [0.1, 0.15) is 0 Å². The molecule has 0 bridgehead atoms. The van der Waals surface area contributed by atoms with Gasteiger partial charge in [-0.05, 0) is 50.3 Å². The lowest BCUT2D eigenvalue weighted by Gasteiger charge is -2.39. The number of carbonyl (C=O) groups is 2. The van der Waals surface area contributed by atoms with Crippen LogP contribution >= 0.6 is 12.4 Å². The number of ether oxygens (including phenoxy) is 1. The van der Waals surface area contributed by atoms with Crippen LogP contribution < -0.4 is 15.4 Å². The van der Waals surface area contributed by atoms with Gasteiger partial charge in [-0.1, -0.05) is 6.07 Å². The number of hydrogen-bond donors (Lipinski definition) is 2. The molecular weight excluding hydrogens is 342 g/mol. The van der Waals surface area contributed by atoms with E-state index in [1.807, 2.05) is 4.90 Å². The first-order valence-corrected chi connectivity index (χ1v) is 8.69. The minimum atomic E-state index is -0.583. The first-order chi connectivity index (χ1) is 11.6. The molecule has 1 unspecified atom stereocenters. The average Bonchev–Trinajstić information content (AvgIpc) is 3.04. The van der Waals surface area contributed by atoms with Gasteiger partial charge < -0.3 is 20.3 Å². The van der Waals surface area contributed by atoms with Crippen LogP contribution in [0.2, 0.25) is 0 Å². The fourth-order valence-electron chi connectivity index (χ4n) is 3.97. The summed E-state index contributed by atoms with van der Waals surface area (Å²) in [5, 5.41) is 6.25. The van der Waals surface area contributed by atoms with Crippen molar-refractivity contribution in [2.24, 2.45) is 5.41 Å². The first kappa shape index (κ1) is 18.0. The van der Waals surface area contributed by atoms with Crippen LogP contribution in [0.1, 0.15) is 36.5 Å². The molecule has 3 heterocycles. The molecule has 0 saturated carbocycles. The van der Waals surface area contributed by atoms with Crippen molar-refractivity contribution in [3.8, 4) is 5.75 Å². The molecule has 3 aliphatic rings.